The van der Waals surface area contributed by atoms with E-state index in [2.05, 4.69) is 43.5 Å². The summed E-state index contributed by atoms with van der Waals surface area (Å²) in [4.78, 5) is 24.5. The molecule has 2 atom stereocenters. The normalized spacial score (nSPS) is 12.7. The fourth-order valence-electron chi connectivity index (χ4n) is 11.2. The van der Waals surface area contributed by atoms with Crippen LogP contribution in [0.2, 0.25) is 0 Å². The summed E-state index contributed by atoms with van der Waals surface area (Å²) in [6, 6.07) is -0.623. The van der Waals surface area contributed by atoms with Gasteiger partial charge >= 0.3 is 5.97 Å². The number of ether oxygens (including phenoxy) is 1. The number of esters is 1. The van der Waals surface area contributed by atoms with Gasteiger partial charge in [-0.1, -0.05) is 333 Å². The lowest BCUT2D eigenvalue weighted by Crippen LogP contribution is -2.45. The van der Waals surface area contributed by atoms with Crippen LogP contribution in [0.15, 0.2) is 36.5 Å². The number of aliphatic hydroxyl groups excluding tert-OH is 2. The van der Waals surface area contributed by atoms with Crippen LogP contribution < -0.4 is 5.32 Å². The van der Waals surface area contributed by atoms with Crippen molar-refractivity contribution in [2.24, 2.45) is 0 Å². The van der Waals surface area contributed by atoms with E-state index in [1.165, 1.54) is 321 Å². The summed E-state index contributed by atoms with van der Waals surface area (Å²) < 4.78 is 5.50. The molecule has 0 aliphatic carbocycles. The average Bonchev–Trinajstić information content (AvgIpc) is 3.45. The monoisotopic (exact) mass is 1110 g/mol. The van der Waals surface area contributed by atoms with Gasteiger partial charge in [0, 0.05) is 12.8 Å². The summed E-state index contributed by atoms with van der Waals surface area (Å²) >= 11 is 0. The maximum atomic E-state index is 12.4. The van der Waals surface area contributed by atoms with Crippen LogP contribution in [0, 0.1) is 0 Å². The van der Waals surface area contributed by atoms with Crippen molar-refractivity contribution in [1.29, 1.82) is 0 Å². The van der Waals surface area contributed by atoms with Gasteiger partial charge in [-0.05, 0) is 83.5 Å². The van der Waals surface area contributed by atoms with Gasteiger partial charge in [-0.3, -0.25) is 9.59 Å². The molecule has 0 aromatic rings. The standard InChI is InChI=1S/C73H139NO5/c1-3-5-7-9-11-13-15-16-17-37-41-44-47-51-55-59-63-67-73(78)79-68-64-60-56-52-48-45-42-39-36-34-32-30-28-26-24-22-20-18-19-21-23-25-27-29-31-33-35-38-40-43-46-50-54-58-62-66-72(77)74-70(69-75)71(76)65-61-57-53-49-14-12-10-8-6-4-2/h16-17,20,22,61,65,70-71,75-76H,3-15,18-19,21,23-60,62-64,66-69H2,1-2H3,(H,74,77)/b17-16-,22-20-,65-61+. The van der Waals surface area contributed by atoms with Crippen molar-refractivity contribution in [3.8, 4) is 0 Å². The molecule has 0 fully saturated rings. The molecular weight excluding hydrogens is 971 g/mol. The number of rotatable bonds is 67. The fourth-order valence-corrected chi connectivity index (χ4v) is 11.2. The molecule has 79 heavy (non-hydrogen) atoms. The highest BCUT2D eigenvalue weighted by molar-refractivity contribution is 5.76. The first kappa shape index (κ1) is 77.1. The highest BCUT2D eigenvalue weighted by Gasteiger charge is 2.18. The molecule has 0 aliphatic rings. The number of hydrogen-bond acceptors (Lipinski definition) is 5. The van der Waals surface area contributed by atoms with Gasteiger partial charge in [0.15, 0.2) is 0 Å². The SMILES string of the molecule is CCCCCCCC/C=C\CCCCCCCCCC(=O)OCCCCCCCCCCCCCCCC/C=C\CCCCCCCCCCCCCCCCCCCC(=O)NC(CO)C(O)/C=C/CCCCCCCCCC. The first-order valence-electron chi connectivity index (χ1n) is 35.8. The van der Waals surface area contributed by atoms with Crippen LogP contribution in [0.4, 0.5) is 0 Å². The third kappa shape index (κ3) is 65.1. The zero-order valence-corrected chi connectivity index (χ0v) is 53.4. The number of amides is 1. The van der Waals surface area contributed by atoms with E-state index in [1.54, 1.807) is 6.08 Å². The predicted molar refractivity (Wildman–Crippen MR) is 347 cm³/mol. The van der Waals surface area contributed by atoms with Crippen LogP contribution in [-0.4, -0.2) is 47.4 Å². The molecule has 0 heterocycles. The first-order chi connectivity index (χ1) is 39.0. The van der Waals surface area contributed by atoms with Gasteiger partial charge in [-0.15, -0.1) is 0 Å². The van der Waals surface area contributed by atoms with E-state index in [1.807, 2.05) is 6.08 Å². The Morgan fingerprint density at radius 2 is 0.595 bits per heavy atom. The molecule has 0 saturated heterocycles. The maximum Gasteiger partial charge on any atom is 0.305 e. The largest absolute Gasteiger partial charge is 0.466 e. The second-order valence-electron chi connectivity index (χ2n) is 24.6. The van der Waals surface area contributed by atoms with Gasteiger partial charge in [0.1, 0.15) is 0 Å². The van der Waals surface area contributed by atoms with Crippen molar-refractivity contribution >= 4 is 11.9 Å². The number of carbonyl (C=O) groups is 2. The summed E-state index contributed by atoms with van der Waals surface area (Å²) in [6.45, 7) is 4.90. The lowest BCUT2D eigenvalue weighted by molar-refractivity contribution is -0.143. The Morgan fingerprint density at radius 1 is 0.342 bits per heavy atom. The first-order valence-corrected chi connectivity index (χ1v) is 35.8. The molecule has 0 aliphatic heterocycles. The van der Waals surface area contributed by atoms with E-state index in [0.29, 0.717) is 19.4 Å². The van der Waals surface area contributed by atoms with Crippen molar-refractivity contribution in [1.82, 2.24) is 5.32 Å². The zero-order valence-electron chi connectivity index (χ0n) is 53.4. The van der Waals surface area contributed by atoms with Crippen molar-refractivity contribution in [3.63, 3.8) is 0 Å². The summed E-state index contributed by atoms with van der Waals surface area (Å²) in [5.41, 5.74) is 0. The van der Waals surface area contributed by atoms with Crippen LogP contribution in [0.1, 0.15) is 393 Å². The summed E-state index contributed by atoms with van der Waals surface area (Å²) in [5.74, 6) is -0.0481. The predicted octanol–water partition coefficient (Wildman–Crippen LogP) is 23.1. The van der Waals surface area contributed by atoms with E-state index in [4.69, 9.17) is 4.74 Å². The smallest absolute Gasteiger partial charge is 0.305 e. The van der Waals surface area contributed by atoms with Crippen molar-refractivity contribution in [3.05, 3.63) is 36.5 Å². The quantitative estimate of drug-likeness (QED) is 0.0320. The second-order valence-corrected chi connectivity index (χ2v) is 24.6. The highest BCUT2D eigenvalue weighted by Crippen LogP contribution is 2.18. The van der Waals surface area contributed by atoms with Crippen LogP contribution in [0.5, 0.6) is 0 Å². The Balaban J connectivity index is 3.32. The lowest BCUT2D eigenvalue weighted by Gasteiger charge is -2.20. The third-order valence-corrected chi connectivity index (χ3v) is 16.6. The number of nitrogens with one attached hydrogen (secondary N) is 1. The van der Waals surface area contributed by atoms with E-state index < -0.39 is 12.1 Å². The number of aliphatic hydroxyl groups is 2. The summed E-state index contributed by atoms with van der Waals surface area (Å²) in [5, 5.41) is 23.0. The summed E-state index contributed by atoms with van der Waals surface area (Å²) in [6.07, 6.45) is 88.2. The Kier molecular flexibility index (Phi) is 66.9. The van der Waals surface area contributed by atoms with Crippen molar-refractivity contribution in [2.75, 3.05) is 13.2 Å². The molecule has 0 spiro atoms. The van der Waals surface area contributed by atoms with E-state index in [9.17, 15) is 19.8 Å². The Bertz CT molecular complexity index is 1280. The molecule has 0 aromatic carbocycles. The van der Waals surface area contributed by atoms with Crippen LogP contribution in [0.3, 0.4) is 0 Å². The molecule has 466 valence electrons. The topological polar surface area (TPSA) is 95.9 Å². The molecule has 0 radical (unpaired) electrons. The van der Waals surface area contributed by atoms with Gasteiger partial charge in [-0.2, -0.15) is 0 Å². The van der Waals surface area contributed by atoms with Gasteiger partial charge in [0.25, 0.3) is 0 Å². The van der Waals surface area contributed by atoms with E-state index in [-0.39, 0.29) is 18.5 Å². The van der Waals surface area contributed by atoms with Gasteiger partial charge < -0.3 is 20.3 Å². The molecule has 3 N–H and O–H groups in total. The molecule has 1 amide bonds. The van der Waals surface area contributed by atoms with Crippen LogP contribution in [0.25, 0.3) is 0 Å². The Labute approximate surface area is 494 Å². The van der Waals surface area contributed by atoms with Gasteiger partial charge in [-0.25, -0.2) is 0 Å². The molecule has 0 rings (SSSR count). The number of hydrogen-bond donors (Lipinski definition) is 3. The zero-order chi connectivity index (χ0) is 57.1. The highest BCUT2D eigenvalue weighted by atomic mass is 16.5. The Morgan fingerprint density at radius 3 is 0.899 bits per heavy atom. The minimum atomic E-state index is -0.840. The van der Waals surface area contributed by atoms with Gasteiger partial charge in [0.2, 0.25) is 5.91 Å². The fraction of sp³-hybridized carbons (Fsp3) is 0.890. The van der Waals surface area contributed by atoms with Gasteiger partial charge in [0.05, 0.1) is 25.4 Å². The second kappa shape index (κ2) is 68.6. The van der Waals surface area contributed by atoms with Crippen LogP contribution in [-0.2, 0) is 14.3 Å². The third-order valence-electron chi connectivity index (χ3n) is 16.6. The number of allylic oxidation sites excluding steroid dienone is 5. The van der Waals surface area contributed by atoms with Crippen LogP contribution >= 0.6 is 0 Å². The molecule has 0 aromatic heterocycles. The molecule has 2 unspecified atom stereocenters. The molecule has 6 heteroatoms. The minimum Gasteiger partial charge on any atom is -0.466 e. The lowest BCUT2D eigenvalue weighted by atomic mass is 10.0. The Hall–Kier alpha value is -1.92. The molecular formula is C73H139NO5. The number of unbranched alkanes of at least 4 members (excludes halogenated alkanes) is 52. The van der Waals surface area contributed by atoms with Crippen molar-refractivity contribution in [2.45, 2.75) is 405 Å². The minimum absolute atomic E-state index is 0.0169. The summed E-state index contributed by atoms with van der Waals surface area (Å²) in [7, 11) is 0. The van der Waals surface area contributed by atoms with E-state index >= 15 is 0 Å². The maximum absolute atomic E-state index is 12.4. The van der Waals surface area contributed by atoms with Crippen molar-refractivity contribution < 1.29 is 24.5 Å². The molecule has 0 bridgehead atoms. The van der Waals surface area contributed by atoms with E-state index in [0.717, 1.165) is 44.9 Å². The number of carbonyl (C=O) groups excluding carboxylic acids is 2. The molecule has 6 nitrogen and oxygen atoms in total. The molecule has 0 saturated carbocycles. The average molecular weight is 1110 g/mol.